The third-order valence-electron chi connectivity index (χ3n) is 2.03. The van der Waals surface area contributed by atoms with E-state index >= 15 is 0 Å². The molecule has 0 spiro atoms. The van der Waals surface area contributed by atoms with Gasteiger partial charge in [0, 0.05) is 17.8 Å². The summed E-state index contributed by atoms with van der Waals surface area (Å²) in [6, 6.07) is 6.39. The molecule has 1 aromatic carbocycles. The van der Waals surface area contributed by atoms with Gasteiger partial charge in [-0.1, -0.05) is 6.08 Å². The lowest BCUT2D eigenvalue weighted by molar-refractivity contribution is -0.115. The van der Waals surface area contributed by atoms with E-state index in [0.717, 1.165) is 0 Å². The van der Waals surface area contributed by atoms with Gasteiger partial charge in [0.2, 0.25) is 11.8 Å². The SMILES string of the molecule is C=CCNCC(=O)Nc1ccc(C(N)=O)cc1. The van der Waals surface area contributed by atoms with E-state index in [0.29, 0.717) is 17.8 Å². The zero-order valence-electron chi connectivity index (χ0n) is 9.40. The number of anilines is 1. The molecule has 17 heavy (non-hydrogen) atoms. The molecular weight excluding hydrogens is 218 g/mol. The quantitative estimate of drug-likeness (QED) is 0.494. The molecule has 0 bridgehead atoms. The highest BCUT2D eigenvalue weighted by Gasteiger charge is 2.03. The predicted molar refractivity (Wildman–Crippen MR) is 66.7 cm³/mol. The fourth-order valence-electron chi connectivity index (χ4n) is 1.21. The van der Waals surface area contributed by atoms with E-state index < -0.39 is 5.91 Å². The Kier molecular flexibility index (Phi) is 4.90. The van der Waals surface area contributed by atoms with Crippen molar-refractivity contribution in [2.75, 3.05) is 18.4 Å². The summed E-state index contributed by atoms with van der Waals surface area (Å²) in [5, 5.41) is 5.56. The summed E-state index contributed by atoms with van der Waals surface area (Å²) in [4.78, 5) is 22.2. The molecule has 0 saturated heterocycles. The normalized spacial score (nSPS) is 9.65. The molecule has 0 fully saturated rings. The fourth-order valence-corrected chi connectivity index (χ4v) is 1.21. The minimum Gasteiger partial charge on any atom is -0.366 e. The van der Waals surface area contributed by atoms with Crippen LogP contribution < -0.4 is 16.4 Å². The largest absolute Gasteiger partial charge is 0.366 e. The Morgan fingerprint density at radius 2 is 1.94 bits per heavy atom. The fraction of sp³-hybridized carbons (Fsp3) is 0.167. The highest BCUT2D eigenvalue weighted by Crippen LogP contribution is 2.08. The number of carbonyl (C=O) groups is 2. The average Bonchev–Trinajstić information content (AvgIpc) is 2.30. The molecule has 0 radical (unpaired) electrons. The standard InChI is InChI=1S/C12H15N3O2/c1-2-7-14-8-11(16)15-10-5-3-9(4-6-10)12(13)17/h2-6,14H,1,7-8H2,(H2,13,17)(H,15,16). The smallest absolute Gasteiger partial charge is 0.248 e. The molecular formula is C12H15N3O2. The molecule has 0 unspecified atom stereocenters. The van der Waals surface area contributed by atoms with E-state index in [1.165, 1.54) is 0 Å². The van der Waals surface area contributed by atoms with Gasteiger partial charge in [-0.3, -0.25) is 9.59 Å². The lowest BCUT2D eigenvalue weighted by Gasteiger charge is -2.05. The van der Waals surface area contributed by atoms with Gasteiger partial charge in [0.05, 0.1) is 6.54 Å². The van der Waals surface area contributed by atoms with Crippen LogP contribution in [0.1, 0.15) is 10.4 Å². The van der Waals surface area contributed by atoms with Gasteiger partial charge in [0.25, 0.3) is 0 Å². The van der Waals surface area contributed by atoms with Crippen molar-refractivity contribution >= 4 is 17.5 Å². The van der Waals surface area contributed by atoms with Crippen LogP contribution in [0.5, 0.6) is 0 Å². The van der Waals surface area contributed by atoms with Gasteiger partial charge < -0.3 is 16.4 Å². The summed E-state index contributed by atoms with van der Waals surface area (Å²) >= 11 is 0. The molecule has 2 amide bonds. The molecule has 1 aromatic rings. The first-order valence-electron chi connectivity index (χ1n) is 5.15. The van der Waals surface area contributed by atoms with E-state index in [4.69, 9.17) is 5.73 Å². The van der Waals surface area contributed by atoms with Gasteiger partial charge in [-0.05, 0) is 24.3 Å². The Balaban J connectivity index is 2.48. The zero-order chi connectivity index (χ0) is 12.7. The van der Waals surface area contributed by atoms with Gasteiger partial charge in [-0.2, -0.15) is 0 Å². The van der Waals surface area contributed by atoms with Crippen molar-refractivity contribution in [2.24, 2.45) is 5.73 Å². The predicted octanol–water partition coefficient (Wildman–Crippen LogP) is 0.500. The van der Waals surface area contributed by atoms with Crippen LogP contribution in [0.3, 0.4) is 0 Å². The molecule has 90 valence electrons. The van der Waals surface area contributed by atoms with Crippen LogP contribution in [-0.4, -0.2) is 24.9 Å². The number of rotatable bonds is 6. The van der Waals surface area contributed by atoms with E-state index in [1.807, 2.05) is 0 Å². The minimum absolute atomic E-state index is 0.154. The van der Waals surface area contributed by atoms with E-state index in [9.17, 15) is 9.59 Å². The Hall–Kier alpha value is -2.14. The molecule has 0 aliphatic heterocycles. The van der Waals surface area contributed by atoms with Crippen molar-refractivity contribution in [3.8, 4) is 0 Å². The van der Waals surface area contributed by atoms with Crippen molar-refractivity contribution in [1.82, 2.24) is 5.32 Å². The summed E-state index contributed by atoms with van der Waals surface area (Å²) in [6.45, 7) is 4.32. The molecule has 0 saturated carbocycles. The first-order valence-corrected chi connectivity index (χ1v) is 5.15. The van der Waals surface area contributed by atoms with Crippen molar-refractivity contribution in [3.63, 3.8) is 0 Å². The number of hydrogen-bond acceptors (Lipinski definition) is 3. The maximum atomic E-state index is 11.4. The molecule has 0 aliphatic rings. The topological polar surface area (TPSA) is 84.2 Å². The molecule has 5 nitrogen and oxygen atoms in total. The van der Waals surface area contributed by atoms with Crippen molar-refractivity contribution in [1.29, 1.82) is 0 Å². The van der Waals surface area contributed by atoms with Crippen molar-refractivity contribution in [3.05, 3.63) is 42.5 Å². The summed E-state index contributed by atoms with van der Waals surface area (Å²) < 4.78 is 0. The van der Waals surface area contributed by atoms with E-state index in [2.05, 4.69) is 17.2 Å². The third-order valence-corrected chi connectivity index (χ3v) is 2.03. The second-order valence-electron chi connectivity index (χ2n) is 3.41. The second kappa shape index (κ2) is 6.44. The van der Waals surface area contributed by atoms with Gasteiger partial charge in [-0.25, -0.2) is 0 Å². The summed E-state index contributed by atoms with van der Waals surface area (Å²) in [5.41, 5.74) is 6.14. The van der Waals surface area contributed by atoms with Crippen LogP contribution in [0.25, 0.3) is 0 Å². The van der Waals surface area contributed by atoms with Crippen molar-refractivity contribution < 1.29 is 9.59 Å². The molecule has 0 heterocycles. The maximum absolute atomic E-state index is 11.4. The number of primary amides is 1. The number of hydrogen-bond donors (Lipinski definition) is 3. The lowest BCUT2D eigenvalue weighted by Crippen LogP contribution is -2.28. The van der Waals surface area contributed by atoms with Gasteiger partial charge >= 0.3 is 0 Å². The second-order valence-corrected chi connectivity index (χ2v) is 3.41. The highest BCUT2D eigenvalue weighted by molar-refractivity contribution is 5.95. The number of amides is 2. The molecule has 0 atom stereocenters. The molecule has 5 heteroatoms. The van der Waals surface area contributed by atoms with Crippen LogP contribution in [0.2, 0.25) is 0 Å². The van der Waals surface area contributed by atoms with Gasteiger partial charge in [-0.15, -0.1) is 6.58 Å². The molecule has 1 rings (SSSR count). The molecule has 0 aromatic heterocycles. The van der Waals surface area contributed by atoms with E-state index in [1.54, 1.807) is 30.3 Å². The number of nitrogens with two attached hydrogens (primary N) is 1. The first kappa shape index (κ1) is 12.9. The molecule has 4 N–H and O–H groups in total. The Morgan fingerprint density at radius 3 is 2.47 bits per heavy atom. The minimum atomic E-state index is -0.490. The number of benzene rings is 1. The highest BCUT2D eigenvalue weighted by atomic mass is 16.2. The maximum Gasteiger partial charge on any atom is 0.248 e. The number of nitrogens with one attached hydrogen (secondary N) is 2. The lowest BCUT2D eigenvalue weighted by atomic mass is 10.2. The summed E-state index contributed by atoms with van der Waals surface area (Å²) in [7, 11) is 0. The Labute approximate surface area is 99.7 Å². The monoisotopic (exact) mass is 233 g/mol. The summed E-state index contributed by atoms with van der Waals surface area (Å²) in [5.74, 6) is -0.644. The first-order chi connectivity index (χ1) is 8.13. The third kappa shape index (κ3) is 4.48. The average molecular weight is 233 g/mol. The van der Waals surface area contributed by atoms with E-state index in [-0.39, 0.29) is 12.5 Å². The summed E-state index contributed by atoms with van der Waals surface area (Å²) in [6.07, 6.45) is 1.68. The Bertz CT molecular complexity index is 412. The van der Waals surface area contributed by atoms with Crippen LogP contribution in [0.4, 0.5) is 5.69 Å². The zero-order valence-corrected chi connectivity index (χ0v) is 9.40. The number of carbonyl (C=O) groups excluding carboxylic acids is 2. The van der Waals surface area contributed by atoms with Crippen LogP contribution in [0.15, 0.2) is 36.9 Å². The van der Waals surface area contributed by atoms with Gasteiger partial charge in [0.15, 0.2) is 0 Å². The Morgan fingerprint density at radius 1 is 1.29 bits per heavy atom. The molecule has 0 aliphatic carbocycles. The van der Waals surface area contributed by atoms with Crippen LogP contribution in [-0.2, 0) is 4.79 Å². The van der Waals surface area contributed by atoms with Crippen LogP contribution >= 0.6 is 0 Å². The van der Waals surface area contributed by atoms with Crippen LogP contribution in [0, 0.1) is 0 Å². The van der Waals surface area contributed by atoms with Crippen molar-refractivity contribution in [2.45, 2.75) is 0 Å². The van der Waals surface area contributed by atoms with Gasteiger partial charge in [0.1, 0.15) is 0 Å².